The Morgan fingerprint density at radius 3 is 2.70 bits per heavy atom. The highest BCUT2D eigenvalue weighted by atomic mass is 35.6. The molecule has 0 saturated heterocycles. The highest BCUT2D eigenvalue weighted by molar-refractivity contribution is 6.68. The number of anilines is 1. The minimum atomic E-state index is -1.99. The van der Waals surface area contributed by atoms with E-state index in [0.717, 1.165) is 5.06 Å². The summed E-state index contributed by atoms with van der Waals surface area (Å²) in [6.07, 6.45) is -1.37. The number of fused-ring (bicyclic) bond motifs is 1. The lowest BCUT2D eigenvalue weighted by atomic mass is 10.2. The lowest BCUT2D eigenvalue weighted by Gasteiger charge is -2.33. The third-order valence-electron chi connectivity index (χ3n) is 2.81. The van der Waals surface area contributed by atoms with Crippen molar-refractivity contribution in [2.75, 3.05) is 18.8 Å². The van der Waals surface area contributed by atoms with E-state index in [1.807, 2.05) is 0 Å². The molecule has 1 aliphatic heterocycles. The fraction of sp³-hybridized carbons (Fsp3) is 0.385. The number of alkyl halides is 3. The van der Waals surface area contributed by atoms with Crippen molar-refractivity contribution >= 4 is 52.3 Å². The first-order valence-electron chi connectivity index (χ1n) is 6.36. The molecule has 0 aromatic heterocycles. The van der Waals surface area contributed by atoms with Gasteiger partial charge in [0.1, 0.15) is 17.2 Å². The number of nitrogens with one attached hydrogen (secondary N) is 1. The van der Waals surface area contributed by atoms with E-state index in [-0.39, 0.29) is 6.61 Å². The van der Waals surface area contributed by atoms with Gasteiger partial charge in [0.15, 0.2) is 6.61 Å². The van der Waals surface area contributed by atoms with Crippen molar-refractivity contribution in [1.29, 1.82) is 0 Å². The zero-order valence-corrected chi connectivity index (χ0v) is 14.4. The van der Waals surface area contributed by atoms with Gasteiger partial charge in [-0.2, -0.15) is 5.06 Å². The molecule has 7 nitrogen and oxygen atoms in total. The standard InChI is InChI=1S/C13H13Cl3N2O5/c1-7(19)17-12(13(14,15)16)23-18-9-4-3-8(21-2)5-10(9)22-6-11(18)20/h3-5,12H,6H2,1-2H3,(H,17,19)/t12-/m1/s1. The van der Waals surface area contributed by atoms with E-state index in [2.05, 4.69) is 5.32 Å². The van der Waals surface area contributed by atoms with Crippen LogP contribution >= 0.6 is 34.8 Å². The molecule has 1 aromatic rings. The summed E-state index contributed by atoms with van der Waals surface area (Å²) in [5.41, 5.74) is 0.298. The molecule has 0 fully saturated rings. The lowest BCUT2D eigenvalue weighted by Crippen LogP contribution is -2.51. The number of nitrogens with zero attached hydrogens (tertiary/aromatic N) is 1. The van der Waals surface area contributed by atoms with Gasteiger partial charge in [0.2, 0.25) is 15.9 Å². The number of halogens is 3. The van der Waals surface area contributed by atoms with E-state index < -0.39 is 21.8 Å². The zero-order chi connectivity index (χ0) is 17.2. The minimum absolute atomic E-state index is 0.271. The molecule has 0 spiro atoms. The normalized spacial score (nSPS) is 15.5. The quantitative estimate of drug-likeness (QED) is 0.637. The molecule has 1 N–H and O–H groups in total. The number of benzene rings is 1. The van der Waals surface area contributed by atoms with Crippen molar-refractivity contribution in [2.45, 2.75) is 16.9 Å². The topological polar surface area (TPSA) is 77.1 Å². The van der Waals surface area contributed by atoms with Crippen LogP contribution in [0.4, 0.5) is 5.69 Å². The first-order chi connectivity index (χ1) is 10.7. The van der Waals surface area contributed by atoms with Crippen LogP contribution in [0, 0.1) is 0 Å². The highest BCUT2D eigenvalue weighted by Crippen LogP contribution is 2.38. The molecule has 0 radical (unpaired) electrons. The average molecular weight is 384 g/mol. The Hall–Kier alpha value is -1.41. The molecule has 0 saturated carbocycles. The molecule has 2 rings (SSSR count). The van der Waals surface area contributed by atoms with E-state index in [9.17, 15) is 9.59 Å². The molecule has 0 aliphatic carbocycles. The fourth-order valence-corrected chi connectivity index (χ4v) is 2.09. The summed E-state index contributed by atoms with van der Waals surface area (Å²) >= 11 is 17.4. The van der Waals surface area contributed by atoms with Crippen LogP contribution in [0.1, 0.15) is 6.92 Å². The third-order valence-corrected chi connectivity index (χ3v) is 3.40. The van der Waals surface area contributed by atoms with Crippen molar-refractivity contribution in [3.63, 3.8) is 0 Å². The number of hydrogen-bond donors (Lipinski definition) is 1. The van der Waals surface area contributed by atoms with Crippen LogP contribution in [0.15, 0.2) is 18.2 Å². The van der Waals surface area contributed by atoms with Crippen molar-refractivity contribution in [1.82, 2.24) is 5.32 Å². The average Bonchev–Trinajstić information content (AvgIpc) is 2.47. The van der Waals surface area contributed by atoms with Gasteiger partial charge in [0.25, 0.3) is 5.91 Å². The molecule has 23 heavy (non-hydrogen) atoms. The maximum Gasteiger partial charge on any atom is 0.288 e. The Balaban J connectivity index is 2.31. The number of rotatable bonds is 4. The monoisotopic (exact) mass is 382 g/mol. The van der Waals surface area contributed by atoms with Gasteiger partial charge < -0.3 is 14.8 Å². The summed E-state index contributed by atoms with van der Waals surface area (Å²) in [6, 6.07) is 4.75. The Bertz CT molecular complexity index is 620. The number of ether oxygens (including phenoxy) is 2. The fourth-order valence-electron chi connectivity index (χ4n) is 1.81. The van der Waals surface area contributed by atoms with E-state index in [0.29, 0.717) is 17.2 Å². The molecule has 1 aliphatic rings. The minimum Gasteiger partial charge on any atom is -0.497 e. The molecule has 126 valence electrons. The van der Waals surface area contributed by atoms with E-state index >= 15 is 0 Å². The maximum atomic E-state index is 12.1. The third kappa shape index (κ3) is 4.32. The van der Waals surface area contributed by atoms with Crippen molar-refractivity contribution in [2.24, 2.45) is 0 Å². The number of amides is 2. The van der Waals surface area contributed by atoms with Gasteiger partial charge in [0.05, 0.1) is 7.11 Å². The molecule has 0 bridgehead atoms. The van der Waals surface area contributed by atoms with Gasteiger partial charge in [-0.3, -0.25) is 9.59 Å². The highest BCUT2D eigenvalue weighted by Gasteiger charge is 2.39. The molecule has 1 atom stereocenters. The lowest BCUT2D eigenvalue weighted by molar-refractivity contribution is -0.136. The molecule has 0 unspecified atom stereocenters. The predicted octanol–water partition coefficient (Wildman–Crippen LogP) is 2.18. The maximum absolute atomic E-state index is 12.1. The summed E-state index contributed by atoms with van der Waals surface area (Å²) in [5, 5.41) is 3.24. The molecule has 2 amide bonds. The van der Waals surface area contributed by atoms with Crippen LogP contribution in [0.5, 0.6) is 11.5 Å². The van der Waals surface area contributed by atoms with Crippen LogP contribution in [-0.2, 0) is 14.4 Å². The molecule has 1 heterocycles. The van der Waals surface area contributed by atoms with Crippen LogP contribution < -0.4 is 19.9 Å². The van der Waals surface area contributed by atoms with Crippen LogP contribution in [-0.4, -0.2) is 35.6 Å². The second-order valence-electron chi connectivity index (χ2n) is 4.54. The van der Waals surface area contributed by atoms with E-state index in [4.69, 9.17) is 49.1 Å². The van der Waals surface area contributed by atoms with E-state index in [1.54, 1.807) is 18.2 Å². The molecule has 1 aromatic carbocycles. The van der Waals surface area contributed by atoms with Crippen molar-refractivity contribution < 1.29 is 23.9 Å². The van der Waals surface area contributed by atoms with Gasteiger partial charge in [0, 0.05) is 13.0 Å². The van der Waals surface area contributed by atoms with Gasteiger partial charge >= 0.3 is 0 Å². The predicted molar refractivity (Wildman–Crippen MR) is 85.0 cm³/mol. The van der Waals surface area contributed by atoms with Gasteiger partial charge in [-0.1, -0.05) is 34.8 Å². The summed E-state index contributed by atoms with van der Waals surface area (Å²) < 4.78 is 8.42. The molecule has 10 heteroatoms. The molecular weight excluding hydrogens is 371 g/mol. The first kappa shape index (κ1) is 17.9. The Kier molecular flexibility index (Phi) is 5.46. The Morgan fingerprint density at radius 2 is 2.13 bits per heavy atom. The number of carbonyl (C=O) groups excluding carboxylic acids is 2. The zero-order valence-electron chi connectivity index (χ0n) is 12.1. The Labute approximate surface area is 147 Å². The van der Waals surface area contributed by atoms with Gasteiger partial charge in [-0.25, -0.2) is 4.84 Å². The van der Waals surface area contributed by atoms with Crippen LogP contribution in [0.3, 0.4) is 0 Å². The van der Waals surface area contributed by atoms with E-state index in [1.165, 1.54) is 14.0 Å². The smallest absolute Gasteiger partial charge is 0.288 e. The van der Waals surface area contributed by atoms with Crippen molar-refractivity contribution in [3.8, 4) is 11.5 Å². The SMILES string of the molecule is COc1ccc2c(c1)OCC(=O)N2O[C@@H](NC(C)=O)C(Cl)(Cl)Cl. The summed E-state index contributed by atoms with van der Waals surface area (Å²) in [6.45, 7) is 0.958. The number of carbonyl (C=O) groups is 2. The van der Waals surface area contributed by atoms with Gasteiger partial charge in [-0.05, 0) is 12.1 Å². The summed E-state index contributed by atoms with van der Waals surface area (Å²) in [7, 11) is 1.50. The largest absolute Gasteiger partial charge is 0.497 e. The second kappa shape index (κ2) is 7.00. The number of hydrogen-bond acceptors (Lipinski definition) is 5. The van der Waals surface area contributed by atoms with Crippen molar-refractivity contribution in [3.05, 3.63) is 18.2 Å². The number of hydroxylamine groups is 1. The number of methoxy groups -OCH3 is 1. The Morgan fingerprint density at radius 1 is 1.43 bits per heavy atom. The second-order valence-corrected chi connectivity index (χ2v) is 6.91. The van der Waals surface area contributed by atoms with Crippen LogP contribution in [0.25, 0.3) is 0 Å². The first-order valence-corrected chi connectivity index (χ1v) is 7.50. The molecular formula is C13H13Cl3N2O5. The summed E-state index contributed by atoms with van der Waals surface area (Å²) in [5.74, 6) is -0.114. The van der Waals surface area contributed by atoms with Crippen LogP contribution in [0.2, 0.25) is 0 Å². The van der Waals surface area contributed by atoms with Gasteiger partial charge in [-0.15, -0.1) is 0 Å². The summed E-state index contributed by atoms with van der Waals surface area (Å²) in [4.78, 5) is 28.7.